The third kappa shape index (κ3) is 5.87. The molecule has 0 spiro atoms. The highest BCUT2D eigenvalue weighted by Gasteiger charge is 2.11. The van der Waals surface area contributed by atoms with Crippen LogP contribution in [0.5, 0.6) is 11.5 Å². The molecule has 108 valence electrons. The van der Waals surface area contributed by atoms with Gasteiger partial charge in [0.2, 0.25) is 0 Å². The minimum atomic E-state index is -2.83. The average molecular weight is 273 g/mol. The van der Waals surface area contributed by atoms with Crippen LogP contribution in [0.25, 0.3) is 0 Å². The number of hydrogen-bond donors (Lipinski definition) is 1. The van der Waals surface area contributed by atoms with Crippen molar-refractivity contribution in [2.45, 2.75) is 39.8 Å². The van der Waals surface area contributed by atoms with Gasteiger partial charge in [0.1, 0.15) is 11.5 Å². The maximum absolute atomic E-state index is 12.4. The lowest BCUT2D eigenvalue weighted by Crippen LogP contribution is -2.15. The van der Waals surface area contributed by atoms with E-state index in [-0.39, 0.29) is 5.75 Å². The van der Waals surface area contributed by atoms with E-state index < -0.39 is 6.61 Å². The maximum atomic E-state index is 12.4. The minimum Gasteiger partial charge on any atom is -0.493 e. The van der Waals surface area contributed by atoms with Crippen LogP contribution in [0.1, 0.15) is 32.3 Å². The van der Waals surface area contributed by atoms with E-state index >= 15 is 0 Å². The molecular formula is C14H21F2NO2. The van der Waals surface area contributed by atoms with Gasteiger partial charge < -0.3 is 14.8 Å². The lowest BCUT2D eigenvalue weighted by atomic mass is 10.2. The Balaban J connectivity index is 2.76. The first-order valence-electron chi connectivity index (χ1n) is 6.58. The first kappa shape index (κ1) is 15.7. The van der Waals surface area contributed by atoms with Crippen LogP contribution in [0.3, 0.4) is 0 Å². The summed E-state index contributed by atoms with van der Waals surface area (Å²) in [5.41, 5.74) is 0.706. The molecule has 1 rings (SSSR count). The number of benzene rings is 1. The molecule has 1 N–H and O–H groups in total. The van der Waals surface area contributed by atoms with Gasteiger partial charge in [0.15, 0.2) is 0 Å². The topological polar surface area (TPSA) is 30.5 Å². The van der Waals surface area contributed by atoms with Crippen LogP contribution < -0.4 is 14.8 Å². The molecule has 0 radical (unpaired) electrons. The molecule has 19 heavy (non-hydrogen) atoms. The molecule has 0 unspecified atom stereocenters. The number of nitrogens with one attached hydrogen (secondary N) is 1. The Morgan fingerprint density at radius 3 is 2.63 bits per heavy atom. The molecule has 0 fully saturated rings. The fraction of sp³-hybridized carbons (Fsp3) is 0.571. The van der Waals surface area contributed by atoms with Gasteiger partial charge in [-0.3, -0.25) is 0 Å². The number of halogens is 2. The van der Waals surface area contributed by atoms with Crippen molar-refractivity contribution in [2.24, 2.45) is 0 Å². The number of alkyl halides is 2. The molecule has 0 saturated heterocycles. The third-order valence-corrected chi connectivity index (χ3v) is 2.47. The van der Waals surface area contributed by atoms with Crippen LogP contribution in [0.2, 0.25) is 0 Å². The standard InChI is InChI=1S/C14H21F2NO2/c1-3-7-17-10-11-5-6-12(18-8-4-2)9-13(11)19-14(15)16/h5-6,9,14,17H,3-4,7-8,10H2,1-2H3. The summed E-state index contributed by atoms with van der Waals surface area (Å²) in [6.07, 6.45) is 1.85. The molecule has 0 aliphatic carbocycles. The van der Waals surface area contributed by atoms with E-state index in [9.17, 15) is 8.78 Å². The number of rotatable bonds is 9. The summed E-state index contributed by atoms with van der Waals surface area (Å²) in [4.78, 5) is 0. The van der Waals surface area contributed by atoms with Gasteiger partial charge in [0, 0.05) is 18.2 Å². The van der Waals surface area contributed by atoms with E-state index in [0.717, 1.165) is 19.4 Å². The highest BCUT2D eigenvalue weighted by atomic mass is 19.3. The van der Waals surface area contributed by atoms with Crippen LogP contribution in [-0.2, 0) is 6.54 Å². The second-order valence-electron chi connectivity index (χ2n) is 4.17. The first-order chi connectivity index (χ1) is 9.17. The molecule has 5 heteroatoms. The smallest absolute Gasteiger partial charge is 0.387 e. The van der Waals surface area contributed by atoms with Crippen molar-refractivity contribution in [1.29, 1.82) is 0 Å². The van der Waals surface area contributed by atoms with Crippen LogP contribution in [0.15, 0.2) is 18.2 Å². The number of ether oxygens (including phenoxy) is 2. The Morgan fingerprint density at radius 1 is 1.21 bits per heavy atom. The Hall–Kier alpha value is -1.36. The molecule has 0 aliphatic rings. The van der Waals surface area contributed by atoms with Crippen molar-refractivity contribution in [3.8, 4) is 11.5 Å². The summed E-state index contributed by atoms with van der Waals surface area (Å²) in [5.74, 6) is 0.726. The molecule has 0 saturated carbocycles. The van der Waals surface area contributed by atoms with Crippen molar-refractivity contribution in [3.05, 3.63) is 23.8 Å². The summed E-state index contributed by atoms with van der Waals surface area (Å²) in [6, 6.07) is 5.05. The molecule has 1 aromatic rings. The molecule has 1 aromatic carbocycles. The van der Waals surface area contributed by atoms with E-state index in [2.05, 4.69) is 10.1 Å². The molecule has 0 heterocycles. The van der Waals surface area contributed by atoms with Crippen LogP contribution in [0, 0.1) is 0 Å². The van der Waals surface area contributed by atoms with Gasteiger partial charge in [0.05, 0.1) is 6.61 Å². The highest BCUT2D eigenvalue weighted by Crippen LogP contribution is 2.26. The highest BCUT2D eigenvalue weighted by molar-refractivity contribution is 5.40. The molecule has 0 atom stereocenters. The van der Waals surface area contributed by atoms with Gasteiger partial charge >= 0.3 is 6.61 Å². The van der Waals surface area contributed by atoms with E-state index in [0.29, 0.717) is 24.5 Å². The molecule has 0 amide bonds. The average Bonchev–Trinajstić information content (AvgIpc) is 2.38. The lowest BCUT2D eigenvalue weighted by Gasteiger charge is -2.13. The second-order valence-corrected chi connectivity index (χ2v) is 4.17. The van der Waals surface area contributed by atoms with E-state index in [1.807, 2.05) is 13.8 Å². The summed E-state index contributed by atoms with van der Waals surface area (Å²) in [7, 11) is 0. The molecular weight excluding hydrogens is 252 g/mol. The van der Waals surface area contributed by atoms with Gasteiger partial charge in [-0.05, 0) is 25.5 Å². The van der Waals surface area contributed by atoms with Gasteiger partial charge in [-0.1, -0.05) is 19.9 Å². The molecule has 3 nitrogen and oxygen atoms in total. The number of hydrogen-bond acceptors (Lipinski definition) is 3. The van der Waals surface area contributed by atoms with E-state index in [1.165, 1.54) is 6.07 Å². The summed E-state index contributed by atoms with van der Waals surface area (Å²) < 4.78 is 34.7. The predicted molar refractivity (Wildman–Crippen MR) is 70.9 cm³/mol. The second kappa shape index (κ2) is 8.69. The van der Waals surface area contributed by atoms with Crippen molar-refractivity contribution in [3.63, 3.8) is 0 Å². The minimum absolute atomic E-state index is 0.173. The van der Waals surface area contributed by atoms with Crippen LogP contribution >= 0.6 is 0 Å². The zero-order chi connectivity index (χ0) is 14.1. The van der Waals surface area contributed by atoms with Crippen molar-refractivity contribution in [2.75, 3.05) is 13.2 Å². The summed E-state index contributed by atoms with van der Waals surface area (Å²) in [6.45, 7) is 3.10. The predicted octanol–water partition coefficient (Wildman–Crippen LogP) is 3.58. The van der Waals surface area contributed by atoms with Crippen molar-refractivity contribution >= 4 is 0 Å². The van der Waals surface area contributed by atoms with Gasteiger partial charge in [-0.25, -0.2) is 0 Å². The zero-order valence-corrected chi connectivity index (χ0v) is 11.4. The van der Waals surface area contributed by atoms with Crippen LogP contribution in [-0.4, -0.2) is 19.8 Å². The Kier molecular flexibility index (Phi) is 7.18. The normalized spacial score (nSPS) is 10.8. The zero-order valence-electron chi connectivity index (χ0n) is 11.4. The van der Waals surface area contributed by atoms with E-state index in [1.54, 1.807) is 12.1 Å². The molecule has 0 bridgehead atoms. The van der Waals surface area contributed by atoms with Crippen molar-refractivity contribution in [1.82, 2.24) is 5.32 Å². The fourth-order valence-corrected chi connectivity index (χ4v) is 1.60. The van der Waals surface area contributed by atoms with Gasteiger partial charge in [0.25, 0.3) is 0 Å². The summed E-state index contributed by atoms with van der Waals surface area (Å²) >= 11 is 0. The SMILES string of the molecule is CCCNCc1ccc(OCCC)cc1OC(F)F. The molecule has 0 aliphatic heterocycles. The van der Waals surface area contributed by atoms with Crippen LogP contribution in [0.4, 0.5) is 8.78 Å². The summed E-state index contributed by atoms with van der Waals surface area (Å²) in [5, 5.41) is 3.16. The lowest BCUT2D eigenvalue weighted by molar-refractivity contribution is -0.0505. The maximum Gasteiger partial charge on any atom is 0.387 e. The largest absolute Gasteiger partial charge is 0.493 e. The first-order valence-corrected chi connectivity index (χ1v) is 6.58. The van der Waals surface area contributed by atoms with Gasteiger partial charge in [-0.2, -0.15) is 8.78 Å². The monoisotopic (exact) mass is 273 g/mol. The van der Waals surface area contributed by atoms with Gasteiger partial charge in [-0.15, -0.1) is 0 Å². The Bertz CT molecular complexity index is 372. The molecule has 0 aromatic heterocycles. The quantitative estimate of drug-likeness (QED) is 0.698. The third-order valence-electron chi connectivity index (χ3n) is 2.47. The fourth-order valence-electron chi connectivity index (χ4n) is 1.60. The van der Waals surface area contributed by atoms with E-state index in [4.69, 9.17) is 4.74 Å². The Labute approximate surface area is 112 Å². The Morgan fingerprint density at radius 2 is 2.00 bits per heavy atom. The van der Waals surface area contributed by atoms with Crippen molar-refractivity contribution < 1.29 is 18.3 Å².